The second-order valence-electron chi connectivity index (χ2n) is 4.23. The van der Waals surface area contributed by atoms with E-state index in [1.165, 1.54) is 0 Å². The summed E-state index contributed by atoms with van der Waals surface area (Å²) in [5.41, 5.74) is 15.2. The summed E-state index contributed by atoms with van der Waals surface area (Å²) < 4.78 is 0. The summed E-state index contributed by atoms with van der Waals surface area (Å²) in [7, 11) is -2.22. The molecule has 2 nitrogen and oxygen atoms in total. The van der Waals surface area contributed by atoms with Gasteiger partial charge in [-0.3, -0.25) is 0 Å². The van der Waals surface area contributed by atoms with Gasteiger partial charge in [-0.1, -0.05) is 48.6 Å². The molecule has 84 valence electrons. The molecule has 1 aliphatic rings. The molecule has 0 spiro atoms. The van der Waals surface area contributed by atoms with Crippen molar-refractivity contribution in [1.82, 2.24) is 0 Å². The van der Waals surface area contributed by atoms with E-state index in [0.717, 1.165) is 21.7 Å². The van der Waals surface area contributed by atoms with E-state index in [1.807, 2.05) is 36.4 Å². The Morgan fingerprint density at radius 1 is 0.647 bits per heavy atom. The predicted molar refractivity (Wildman–Crippen MR) is 76.4 cm³/mol. The highest BCUT2D eigenvalue weighted by Crippen LogP contribution is 2.43. The third kappa shape index (κ3) is 1.62. The molecule has 0 fully saturated rings. The van der Waals surface area contributed by atoms with Crippen molar-refractivity contribution in [2.75, 3.05) is 0 Å². The van der Waals surface area contributed by atoms with Crippen molar-refractivity contribution in [3.8, 4) is 0 Å². The van der Waals surface area contributed by atoms with Gasteiger partial charge in [-0.25, -0.2) is 0 Å². The standard InChI is InChI=1S/C14H14N2P/c15-17(16)13-7-3-1-5-11(13)9-10-12-6-2-4-8-14(12)17/h1-10H,15-16H2/q+1. The van der Waals surface area contributed by atoms with Crippen LogP contribution < -0.4 is 21.6 Å². The van der Waals surface area contributed by atoms with Crippen LogP contribution in [0.2, 0.25) is 0 Å². The zero-order chi connectivity index (χ0) is 11.9. The average molecular weight is 241 g/mol. The van der Waals surface area contributed by atoms with Crippen LogP contribution in [0.25, 0.3) is 12.2 Å². The Morgan fingerprint density at radius 3 is 1.53 bits per heavy atom. The van der Waals surface area contributed by atoms with E-state index >= 15 is 0 Å². The number of fused-ring (bicyclic) bond motifs is 2. The van der Waals surface area contributed by atoms with Gasteiger partial charge in [0.1, 0.15) is 10.6 Å². The molecule has 3 rings (SSSR count). The highest BCUT2D eigenvalue weighted by Gasteiger charge is 2.39. The molecule has 0 aromatic heterocycles. The maximum Gasteiger partial charge on any atom is 0.209 e. The summed E-state index contributed by atoms with van der Waals surface area (Å²) in [6.45, 7) is 0. The third-order valence-electron chi connectivity index (χ3n) is 3.11. The summed E-state index contributed by atoms with van der Waals surface area (Å²) >= 11 is 0. The zero-order valence-corrected chi connectivity index (χ0v) is 10.3. The molecule has 4 N–H and O–H groups in total. The van der Waals surface area contributed by atoms with Crippen LogP contribution in [0.4, 0.5) is 0 Å². The van der Waals surface area contributed by atoms with Gasteiger partial charge in [0.15, 0.2) is 0 Å². The van der Waals surface area contributed by atoms with Gasteiger partial charge in [0, 0.05) is 11.1 Å². The first-order valence-corrected chi connectivity index (χ1v) is 7.46. The van der Waals surface area contributed by atoms with E-state index in [9.17, 15) is 0 Å². The Bertz CT molecular complexity index is 551. The fraction of sp³-hybridized carbons (Fsp3) is 0. The van der Waals surface area contributed by atoms with Gasteiger partial charge in [-0.05, 0) is 12.1 Å². The molecule has 0 saturated heterocycles. The fourth-order valence-electron chi connectivity index (χ4n) is 2.24. The van der Waals surface area contributed by atoms with Gasteiger partial charge in [0.05, 0.1) is 0 Å². The minimum absolute atomic E-state index is 1.07. The highest BCUT2D eigenvalue weighted by molar-refractivity contribution is 7.85. The summed E-state index contributed by atoms with van der Waals surface area (Å²) in [6.07, 6.45) is 4.19. The van der Waals surface area contributed by atoms with Crippen molar-refractivity contribution in [1.29, 1.82) is 0 Å². The Morgan fingerprint density at radius 2 is 1.06 bits per heavy atom. The van der Waals surface area contributed by atoms with Crippen molar-refractivity contribution in [2.24, 2.45) is 11.0 Å². The smallest absolute Gasteiger partial charge is 0.180 e. The molecular formula is C14H14N2P+. The van der Waals surface area contributed by atoms with Crippen molar-refractivity contribution >= 4 is 30.3 Å². The van der Waals surface area contributed by atoms with Gasteiger partial charge in [-0.2, -0.15) is 11.0 Å². The molecule has 17 heavy (non-hydrogen) atoms. The first-order chi connectivity index (χ1) is 8.19. The highest BCUT2D eigenvalue weighted by atomic mass is 31.2. The summed E-state index contributed by atoms with van der Waals surface area (Å²) in [5.74, 6) is 0. The number of benzene rings is 2. The predicted octanol–water partition coefficient (Wildman–Crippen LogP) is 1.89. The lowest BCUT2D eigenvalue weighted by Gasteiger charge is -2.17. The van der Waals surface area contributed by atoms with Crippen molar-refractivity contribution in [2.45, 2.75) is 0 Å². The lowest BCUT2D eigenvalue weighted by Crippen LogP contribution is -2.36. The quantitative estimate of drug-likeness (QED) is 0.692. The van der Waals surface area contributed by atoms with Crippen LogP contribution in [-0.4, -0.2) is 0 Å². The van der Waals surface area contributed by atoms with Gasteiger partial charge in [0.25, 0.3) is 0 Å². The molecule has 0 radical (unpaired) electrons. The fourth-order valence-corrected chi connectivity index (χ4v) is 4.32. The molecule has 0 bridgehead atoms. The first-order valence-electron chi connectivity index (χ1n) is 5.53. The van der Waals surface area contributed by atoms with Gasteiger partial charge in [0.2, 0.25) is 7.56 Å². The van der Waals surface area contributed by atoms with Crippen LogP contribution in [0.5, 0.6) is 0 Å². The summed E-state index contributed by atoms with van der Waals surface area (Å²) in [4.78, 5) is 0. The molecule has 0 unspecified atom stereocenters. The lowest BCUT2D eigenvalue weighted by atomic mass is 10.1. The topological polar surface area (TPSA) is 52.0 Å². The Balaban J connectivity index is 2.34. The van der Waals surface area contributed by atoms with Crippen molar-refractivity contribution in [3.63, 3.8) is 0 Å². The Labute approximate surface area is 101 Å². The minimum Gasteiger partial charge on any atom is -0.180 e. The van der Waals surface area contributed by atoms with E-state index in [4.69, 9.17) is 11.0 Å². The Hall–Kier alpha value is -1.47. The van der Waals surface area contributed by atoms with Gasteiger partial charge in [-0.15, -0.1) is 0 Å². The second-order valence-corrected chi connectivity index (χ2v) is 6.75. The maximum atomic E-state index is 6.45. The average Bonchev–Trinajstić information content (AvgIpc) is 2.47. The van der Waals surface area contributed by atoms with E-state index in [0.29, 0.717) is 0 Å². The van der Waals surface area contributed by atoms with Crippen LogP contribution in [0, 0.1) is 0 Å². The summed E-state index contributed by atoms with van der Waals surface area (Å²) in [6, 6.07) is 16.2. The maximum absolute atomic E-state index is 6.45. The SMILES string of the molecule is N[P+]1(N)c2ccccc2C=Cc2ccccc21. The number of nitrogens with two attached hydrogens (primary N) is 2. The van der Waals surface area contributed by atoms with Crippen molar-refractivity contribution < 1.29 is 0 Å². The van der Waals surface area contributed by atoms with Crippen molar-refractivity contribution in [3.05, 3.63) is 59.7 Å². The van der Waals surface area contributed by atoms with Crippen LogP contribution in [0.3, 0.4) is 0 Å². The zero-order valence-electron chi connectivity index (χ0n) is 9.38. The molecule has 0 aliphatic carbocycles. The van der Waals surface area contributed by atoms with E-state index in [1.54, 1.807) is 0 Å². The first kappa shape index (κ1) is 10.7. The van der Waals surface area contributed by atoms with E-state index in [-0.39, 0.29) is 0 Å². The normalized spacial score (nSPS) is 15.9. The molecule has 0 atom stereocenters. The van der Waals surface area contributed by atoms with E-state index in [2.05, 4.69) is 24.3 Å². The van der Waals surface area contributed by atoms with Crippen LogP contribution in [0.15, 0.2) is 48.5 Å². The largest absolute Gasteiger partial charge is 0.209 e. The van der Waals surface area contributed by atoms with Crippen LogP contribution in [0.1, 0.15) is 11.1 Å². The second kappa shape index (κ2) is 3.78. The number of hydrogen-bond donors (Lipinski definition) is 2. The molecule has 2 aromatic carbocycles. The third-order valence-corrected chi connectivity index (χ3v) is 5.52. The summed E-state index contributed by atoms with van der Waals surface area (Å²) in [5, 5.41) is 2.14. The lowest BCUT2D eigenvalue weighted by molar-refractivity contribution is 1.64. The molecule has 0 amide bonds. The molecule has 1 heterocycles. The van der Waals surface area contributed by atoms with Crippen LogP contribution in [-0.2, 0) is 0 Å². The molecule has 2 aromatic rings. The Kier molecular flexibility index (Phi) is 2.37. The molecular weight excluding hydrogens is 227 g/mol. The molecule has 3 heteroatoms. The van der Waals surface area contributed by atoms with Crippen LogP contribution >= 0.6 is 7.56 Å². The number of hydrogen-bond acceptors (Lipinski definition) is 2. The van der Waals surface area contributed by atoms with E-state index < -0.39 is 7.56 Å². The van der Waals surface area contributed by atoms with Gasteiger partial charge >= 0.3 is 0 Å². The minimum atomic E-state index is -2.22. The molecule has 1 aliphatic heterocycles. The molecule has 0 saturated carbocycles. The number of rotatable bonds is 0. The van der Waals surface area contributed by atoms with Gasteiger partial charge < -0.3 is 0 Å². The monoisotopic (exact) mass is 241 g/mol.